The van der Waals surface area contributed by atoms with Crippen LogP contribution in [0.15, 0.2) is 36.5 Å². The van der Waals surface area contributed by atoms with Crippen molar-refractivity contribution >= 4 is 17.9 Å². The molecular weight excluding hydrogens is 889 g/mol. The number of unbranched alkanes of at least 4 members (excludes halogenated alkanes) is 42. The second-order valence-corrected chi connectivity index (χ2v) is 21.7. The summed E-state index contributed by atoms with van der Waals surface area (Å²) in [5.41, 5.74) is 0. The van der Waals surface area contributed by atoms with E-state index < -0.39 is 6.10 Å². The average molecular weight is 1010 g/mol. The Morgan fingerprint density at radius 1 is 0.278 bits per heavy atom. The number of hydrogen-bond donors (Lipinski definition) is 0. The van der Waals surface area contributed by atoms with Crippen molar-refractivity contribution < 1.29 is 28.6 Å². The summed E-state index contributed by atoms with van der Waals surface area (Å²) in [5.74, 6) is -0.864. The summed E-state index contributed by atoms with van der Waals surface area (Å²) < 4.78 is 16.8. The molecule has 6 heteroatoms. The molecule has 0 fully saturated rings. The first kappa shape index (κ1) is 69.6. The van der Waals surface area contributed by atoms with Crippen molar-refractivity contribution in [2.24, 2.45) is 0 Å². The number of ether oxygens (including phenoxy) is 3. The fraction of sp³-hybridized carbons (Fsp3) is 0.864. The van der Waals surface area contributed by atoms with Crippen LogP contribution in [-0.4, -0.2) is 37.2 Å². The molecule has 0 aliphatic carbocycles. The lowest BCUT2D eigenvalue weighted by Gasteiger charge is -2.18. The van der Waals surface area contributed by atoms with Gasteiger partial charge in [0.15, 0.2) is 6.10 Å². The van der Waals surface area contributed by atoms with Crippen molar-refractivity contribution in [3.63, 3.8) is 0 Å². The monoisotopic (exact) mass is 1010 g/mol. The molecule has 72 heavy (non-hydrogen) atoms. The Balaban J connectivity index is 4.11. The van der Waals surface area contributed by atoms with Gasteiger partial charge in [0.1, 0.15) is 13.2 Å². The van der Waals surface area contributed by atoms with Gasteiger partial charge in [0, 0.05) is 19.3 Å². The van der Waals surface area contributed by atoms with Gasteiger partial charge in [0.25, 0.3) is 0 Å². The second kappa shape index (κ2) is 61.2. The van der Waals surface area contributed by atoms with Crippen LogP contribution in [-0.2, 0) is 28.6 Å². The summed E-state index contributed by atoms with van der Waals surface area (Å²) in [7, 11) is 0. The first-order valence-corrected chi connectivity index (χ1v) is 32.0. The Hall–Kier alpha value is -2.37. The van der Waals surface area contributed by atoms with E-state index in [-0.39, 0.29) is 31.1 Å². The van der Waals surface area contributed by atoms with Crippen molar-refractivity contribution in [2.45, 2.75) is 354 Å². The summed E-state index contributed by atoms with van der Waals surface area (Å²) in [4.78, 5) is 38.1. The fourth-order valence-corrected chi connectivity index (χ4v) is 9.57. The Morgan fingerprint density at radius 2 is 0.500 bits per heavy atom. The maximum absolute atomic E-state index is 12.9. The van der Waals surface area contributed by atoms with Crippen molar-refractivity contribution in [1.29, 1.82) is 0 Å². The number of carbonyl (C=O) groups is 3. The average Bonchev–Trinajstić information content (AvgIpc) is 3.38. The molecule has 1 atom stereocenters. The molecule has 0 aromatic rings. The Labute approximate surface area is 448 Å². The van der Waals surface area contributed by atoms with Gasteiger partial charge in [-0.1, -0.05) is 308 Å². The number of esters is 3. The molecule has 1 unspecified atom stereocenters. The van der Waals surface area contributed by atoms with E-state index in [9.17, 15) is 14.4 Å². The molecule has 422 valence electrons. The highest BCUT2D eigenvalue weighted by atomic mass is 16.6. The van der Waals surface area contributed by atoms with Crippen LogP contribution in [0.3, 0.4) is 0 Å². The van der Waals surface area contributed by atoms with Gasteiger partial charge in [0.05, 0.1) is 0 Å². The SMILES string of the molecule is CCCCCCC/C=C\C/C=C\C/C=C\CCCCCCCCCCC(=O)OC(COC(=O)CCCCCCCCC)COC(=O)CCCCCCCCCCCCCCCCCCCCCCCCCC. The number of allylic oxidation sites excluding steroid dienone is 6. The molecule has 0 spiro atoms. The van der Waals surface area contributed by atoms with Crippen LogP contribution < -0.4 is 0 Å². The number of hydrogen-bond acceptors (Lipinski definition) is 6. The van der Waals surface area contributed by atoms with E-state index in [1.807, 2.05) is 0 Å². The lowest BCUT2D eigenvalue weighted by Crippen LogP contribution is -2.30. The minimum absolute atomic E-state index is 0.0707. The molecule has 0 rings (SSSR count). The van der Waals surface area contributed by atoms with Gasteiger partial charge in [-0.05, 0) is 57.8 Å². The van der Waals surface area contributed by atoms with Gasteiger partial charge in [-0.15, -0.1) is 0 Å². The van der Waals surface area contributed by atoms with E-state index in [0.29, 0.717) is 19.3 Å². The zero-order valence-corrected chi connectivity index (χ0v) is 48.5. The number of carbonyl (C=O) groups excluding carboxylic acids is 3. The summed E-state index contributed by atoms with van der Waals surface area (Å²) in [5, 5.41) is 0. The van der Waals surface area contributed by atoms with Gasteiger partial charge in [0.2, 0.25) is 0 Å². The van der Waals surface area contributed by atoms with Gasteiger partial charge in [-0.3, -0.25) is 14.4 Å². The highest BCUT2D eigenvalue weighted by molar-refractivity contribution is 5.71. The van der Waals surface area contributed by atoms with E-state index in [1.165, 1.54) is 231 Å². The van der Waals surface area contributed by atoms with Crippen LogP contribution in [0.25, 0.3) is 0 Å². The molecule has 0 saturated heterocycles. The van der Waals surface area contributed by atoms with Gasteiger partial charge in [-0.25, -0.2) is 0 Å². The van der Waals surface area contributed by atoms with Crippen molar-refractivity contribution in [1.82, 2.24) is 0 Å². The molecule has 0 N–H and O–H groups in total. The van der Waals surface area contributed by atoms with Crippen LogP contribution >= 0.6 is 0 Å². The molecule has 0 aromatic heterocycles. The second-order valence-electron chi connectivity index (χ2n) is 21.7. The molecule has 0 aromatic carbocycles. The predicted octanol–water partition coefficient (Wildman–Crippen LogP) is 21.6. The fourth-order valence-electron chi connectivity index (χ4n) is 9.57. The summed E-state index contributed by atoms with van der Waals surface area (Å²) in [6.07, 6.45) is 74.7. The smallest absolute Gasteiger partial charge is 0.306 e. The van der Waals surface area contributed by atoms with Gasteiger partial charge < -0.3 is 14.2 Å². The Morgan fingerprint density at radius 3 is 0.778 bits per heavy atom. The maximum Gasteiger partial charge on any atom is 0.306 e. The molecule has 0 saturated carbocycles. The van der Waals surface area contributed by atoms with E-state index in [4.69, 9.17) is 14.2 Å². The van der Waals surface area contributed by atoms with Crippen LogP contribution in [0.2, 0.25) is 0 Å². The minimum Gasteiger partial charge on any atom is -0.462 e. The Bertz CT molecular complexity index is 1210. The third-order valence-electron chi connectivity index (χ3n) is 14.4. The maximum atomic E-state index is 12.9. The molecule has 6 nitrogen and oxygen atoms in total. The first-order valence-electron chi connectivity index (χ1n) is 32.0. The molecule has 0 heterocycles. The zero-order chi connectivity index (χ0) is 52.2. The minimum atomic E-state index is -0.771. The van der Waals surface area contributed by atoms with Crippen molar-refractivity contribution in [3.05, 3.63) is 36.5 Å². The van der Waals surface area contributed by atoms with E-state index in [2.05, 4.69) is 57.2 Å². The van der Waals surface area contributed by atoms with Crippen LogP contribution in [0.4, 0.5) is 0 Å². The lowest BCUT2D eigenvalue weighted by molar-refractivity contribution is -0.167. The zero-order valence-electron chi connectivity index (χ0n) is 48.5. The molecule has 0 radical (unpaired) electrons. The van der Waals surface area contributed by atoms with Crippen LogP contribution in [0.5, 0.6) is 0 Å². The number of rotatable bonds is 59. The highest BCUT2D eigenvalue weighted by Crippen LogP contribution is 2.18. The van der Waals surface area contributed by atoms with Gasteiger partial charge in [-0.2, -0.15) is 0 Å². The Kier molecular flexibility index (Phi) is 59.2. The lowest BCUT2D eigenvalue weighted by atomic mass is 10.0. The molecule has 0 aliphatic rings. The first-order chi connectivity index (χ1) is 35.5. The van der Waals surface area contributed by atoms with E-state index in [1.54, 1.807) is 0 Å². The van der Waals surface area contributed by atoms with Gasteiger partial charge >= 0.3 is 17.9 Å². The summed E-state index contributed by atoms with van der Waals surface area (Å²) >= 11 is 0. The standard InChI is InChI=1S/C66H122O6/c1-4-7-10-13-16-18-20-22-24-26-28-30-32-34-35-37-39-41-43-45-47-50-53-56-59-65(68)71-62-63(61-70-64(67)58-55-52-49-15-12-9-6-3)72-66(69)60-57-54-51-48-46-44-42-40-38-36-33-31-29-27-25-23-21-19-17-14-11-8-5-2/h21,23,27,29,33,36,63H,4-20,22,24-26,28,30-32,34-35,37-62H2,1-3H3/b23-21-,29-27-,36-33-. The summed E-state index contributed by atoms with van der Waals surface area (Å²) in [6, 6.07) is 0. The van der Waals surface area contributed by atoms with E-state index >= 15 is 0 Å². The molecule has 0 aliphatic heterocycles. The largest absolute Gasteiger partial charge is 0.462 e. The molecule has 0 amide bonds. The quantitative estimate of drug-likeness (QED) is 0.0261. The predicted molar refractivity (Wildman–Crippen MR) is 312 cm³/mol. The van der Waals surface area contributed by atoms with Crippen LogP contribution in [0, 0.1) is 0 Å². The van der Waals surface area contributed by atoms with Crippen LogP contribution in [0.1, 0.15) is 348 Å². The topological polar surface area (TPSA) is 78.9 Å². The molecule has 0 bridgehead atoms. The normalized spacial score (nSPS) is 12.2. The third kappa shape index (κ3) is 58.5. The highest BCUT2D eigenvalue weighted by Gasteiger charge is 2.19. The van der Waals surface area contributed by atoms with Crippen molar-refractivity contribution in [3.8, 4) is 0 Å². The molecular formula is C66H122O6. The van der Waals surface area contributed by atoms with E-state index in [0.717, 1.165) is 77.0 Å². The van der Waals surface area contributed by atoms with Crippen molar-refractivity contribution in [2.75, 3.05) is 13.2 Å². The summed E-state index contributed by atoms with van der Waals surface area (Å²) in [6.45, 7) is 6.64. The third-order valence-corrected chi connectivity index (χ3v) is 14.4.